The van der Waals surface area contributed by atoms with Gasteiger partial charge >= 0.3 is 11.9 Å². The molecule has 0 spiro atoms. The van der Waals surface area contributed by atoms with Crippen LogP contribution in [0.1, 0.15) is 45.7 Å². The highest BCUT2D eigenvalue weighted by atomic mass is 16.5. The standard InChI is InChI=1S/2C9H10O2.C8H18O5/c2*1-2-7-5-3-4-6-8(7)9(10)11;9-1-3-11-5-7-13-8-6-12-4-2-10/h2*3-6H,2H2,1H3,(H,10,11);9-10H,1-8H2. The maximum Gasteiger partial charge on any atom is 0.335 e. The average Bonchev–Trinajstić information content (AvgIpc) is 2.88. The van der Waals surface area contributed by atoms with Crippen LogP contribution in [0.15, 0.2) is 48.5 Å². The summed E-state index contributed by atoms with van der Waals surface area (Å²) < 4.78 is 15.0. The van der Waals surface area contributed by atoms with E-state index in [-0.39, 0.29) is 13.2 Å². The largest absolute Gasteiger partial charge is 0.478 e. The van der Waals surface area contributed by atoms with E-state index in [1.54, 1.807) is 24.3 Å². The van der Waals surface area contributed by atoms with Crippen molar-refractivity contribution in [1.82, 2.24) is 0 Å². The van der Waals surface area contributed by atoms with Gasteiger partial charge in [0.15, 0.2) is 0 Å². The molecule has 35 heavy (non-hydrogen) atoms. The minimum absolute atomic E-state index is 0.0413. The lowest BCUT2D eigenvalue weighted by atomic mass is 10.1. The van der Waals surface area contributed by atoms with Crippen molar-refractivity contribution in [3.05, 3.63) is 70.8 Å². The molecule has 0 atom stereocenters. The molecule has 0 heterocycles. The minimum Gasteiger partial charge on any atom is -0.478 e. The van der Waals surface area contributed by atoms with Crippen molar-refractivity contribution in [2.75, 3.05) is 52.9 Å². The predicted molar refractivity (Wildman–Crippen MR) is 132 cm³/mol. The Morgan fingerprint density at radius 2 is 0.914 bits per heavy atom. The van der Waals surface area contributed by atoms with Crippen LogP contribution in [-0.4, -0.2) is 85.2 Å². The first-order valence-electron chi connectivity index (χ1n) is 11.5. The zero-order valence-corrected chi connectivity index (χ0v) is 20.5. The van der Waals surface area contributed by atoms with Gasteiger partial charge in [-0.15, -0.1) is 0 Å². The van der Waals surface area contributed by atoms with E-state index in [1.165, 1.54) is 0 Å². The summed E-state index contributed by atoms with van der Waals surface area (Å²) in [7, 11) is 0. The Hall–Kier alpha value is -2.82. The molecule has 0 aromatic heterocycles. The van der Waals surface area contributed by atoms with E-state index in [1.807, 2.05) is 38.1 Å². The van der Waals surface area contributed by atoms with Crippen molar-refractivity contribution in [3.63, 3.8) is 0 Å². The summed E-state index contributed by atoms with van der Waals surface area (Å²) in [6.45, 7) is 6.66. The molecule has 0 amide bonds. The number of hydrogen-bond donors (Lipinski definition) is 4. The lowest BCUT2D eigenvalue weighted by Crippen LogP contribution is -2.11. The van der Waals surface area contributed by atoms with Crippen LogP contribution < -0.4 is 0 Å². The van der Waals surface area contributed by atoms with E-state index in [0.717, 1.165) is 24.0 Å². The van der Waals surface area contributed by atoms with Crippen LogP contribution in [0.3, 0.4) is 0 Å². The number of rotatable bonds is 14. The van der Waals surface area contributed by atoms with Gasteiger partial charge in [-0.2, -0.15) is 0 Å². The molecule has 0 radical (unpaired) electrons. The van der Waals surface area contributed by atoms with Crippen LogP contribution in [0.25, 0.3) is 0 Å². The van der Waals surface area contributed by atoms with Crippen molar-refractivity contribution in [1.29, 1.82) is 0 Å². The summed E-state index contributed by atoms with van der Waals surface area (Å²) in [4.78, 5) is 21.2. The smallest absolute Gasteiger partial charge is 0.335 e. The molecule has 2 aromatic carbocycles. The summed E-state index contributed by atoms with van der Waals surface area (Å²) in [5.74, 6) is -1.69. The highest BCUT2D eigenvalue weighted by molar-refractivity contribution is 5.89. The highest BCUT2D eigenvalue weighted by Gasteiger charge is 2.06. The van der Waals surface area contributed by atoms with E-state index in [0.29, 0.717) is 50.8 Å². The maximum absolute atomic E-state index is 10.6. The predicted octanol–water partition coefficient (Wildman–Crippen LogP) is 2.92. The molecule has 0 unspecified atom stereocenters. The van der Waals surface area contributed by atoms with Crippen LogP contribution in [0, 0.1) is 0 Å². The lowest BCUT2D eigenvalue weighted by Gasteiger charge is -2.04. The number of aromatic carboxylic acids is 2. The first-order valence-corrected chi connectivity index (χ1v) is 11.5. The molecule has 2 rings (SSSR count). The quantitative estimate of drug-likeness (QED) is 0.292. The van der Waals surface area contributed by atoms with E-state index in [2.05, 4.69) is 0 Å². The normalized spacial score (nSPS) is 9.94. The molecule has 0 fully saturated rings. The van der Waals surface area contributed by atoms with Gasteiger partial charge < -0.3 is 34.6 Å². The van der Waals surface area contributed by atoms with Gasteiger partial charge in [0.25, 0.3) is 0 Å². The maximum atomic E-state index is 10.6. The fourth-order valence-electron chi connectivity index (χ4n) is 2.75. The first-order chi connectivity index (χ1) is 16.9. The second kappa shape index (κ2) is 21.7. The number of carboxylic acids is 2. The number of aryl methyl sites for hydroxylation is 2. The van der Waals surface area contributed by atoms with E-state index < -0.39 is 11.9 Å². The van der Waals surface area contributed by atoms with Crippen molar-refractivity contribution in [3.8, 4) is 0 Å². The molecule has 9 nitrogen and oxygen atoms in total. The Morgan fingerprint density at radius 3 is 1.17 bits per heavy atom. The van der Waals surface area contributed by atoms with Crippen LogP contribution in [0.2, 0.25) is 0 Å². The van der Waals surface area contributed by atoms with Crippen LogP contribution in [-0.2, 0) is 27.1 Å². The third kappa shape index (κ3) is 15.7. The molecule has 9 heteroatoms. The number of hydrogen-bond acceptors (Lipinski definition) is 7. The summed E-state index contributed by atoms with van der Waals surface area (Å²) in [5, 5.41) is 34.1. The lowest BCUT2D eigenvalue weighted by molar-refractivity contribution is 0.00230. The topological polar surface area (TPSA) is 143 Å². The summed E-state index contributed by atoms with van der Waals surface area (Å²) in [6, 6.07) is 14.1. The fourth-order valence-corrected chi connectivity index (χ4v) is 2.75. The first kappa shape index (κ1) is 32.2. The van der Waals surface area contributed by atoms with Gasteiger partial charge in [-0.1, -0.05) is 50.2 Å². The highest BCUT2D eigenvalue weighted by Crippen LogP contribution is 2.09. The summed E-state index contributed by atoms with van der Waals surface area (Å²) >= 11 is 0. The Morgan fingerprint density at radius 1 is 0.600 bits per heavy atom. The number of aliphatic hydroxyl groups is 2. The molecule has 4 N–H and O–H groups in total. The Balaban J connectivity index is 0.000000497. The van der Waals surface area contributed by atoms with Gasteiger partial charge in [0.05, 0.1) is 64.0 Å². The van der Waals surface area contributed by atoms with Crippen molar-refractivity contribution in [2.45, 2.75) is 26.7 Å². The third-order valence-corrected chi connectivity index (χ3v) is 4.47. The van der Waals surface area contributed by atoms with Crippen LogP contribution >= 0.6 is 0 Å². The Kier molecular flexibility index (Phi) is 19.9. The van der Waals surface area contributed by atoms with E-state index in [4.69, 9.17) is 34.6 Å². The van der Waals surface area contributed by atoms with Gasteiger partial charge in [-0.25, -0.2) is 9.59 Å². The van der Waals surface area contributed by atoms with Gasteiger partial charge in [-0.05, 0) is 36.1 Å². The zero-order valence-electron chi connectivity index (χ0n) is 20.5. The average molecular weight is 495 g/mol. The van der Waals surface area contributed by atoms with E-state index >= 15 is 0 Å². The molecule has 0 aliphatic rings. The second-order valence-corrected chi connectivity index (χ2v) is 6.92. The van der Waals surface area contributed by atoms with Crippen molar-refractivity contribution >= 4 is 11.9 Å². The summed E-state index contributed by atoms with van der Waals surface area (Å²) in [5.41, 5.74) is 2.60. The molecule has 0 bridgehead atoms. The van der Waals surface area contributed by atoms with Crippen molar-refractivity contribution in [2.24, 2.45) is 0 Å². The number of benzene rings is 2. The van der Waals surface area contributed by atoms with Gasteiger partial charge in [0.2, 0.25) is 0 Å². The fraction of sp³-hybridized carbons (Fsp3) is 0.462. The van der Waals surface area contributed by atoms with Crippen LogP contribution in [0.5, 0.6) is 0 Å². The Labute approximate surface area is 206 Å². The monoisotopic (exact) mass is 494 g/mol. The molecule has 0 saturated carbocycles. The molecule has 0 aliphatic heterocycles. The van der Waals surface area contributed by atoms with E-state index in [9.17, 15) is 9.59 Å². The second-order valence-electron chi connectivity index (χ2n) is 6.92. The number of aliphatic hydroxyl groups excluding tert-OH is 2. The third-order valence-electron chi connectivity index (χ3n) is 4.47. The molecule has 0 aliphatic carbocycles. The molecular weight excluding hydrogens is 456 g/mol. The minimum atomic E-state index is -0.845. The molecule has 196 valence electrons. The zero-order chi connectivity index (χ0) is 26.3. The molecular formula is C26H38O9. The number of carbonyl (C=O) groups is 2. The number of carboxylic acid groups (broad SMARTS) is 2. The van der Waals surface area contributed by atoms with Crippen LogP contribution in [0.4, 0.5) is 0 Å². The summed E-state index contributed by atoms with van der Waals surface area (Å²) in [6.07, 6.45) is 1.53. The number of ether oxygens (including phenoxy) is 3. The molecule has 0 saturated heterocycles. The SMILES string of the molecule is CCc1ccccc1C(=O)O.CCc1ccccc1C(=O)O.OCCOCCOCCOCCO. The molecule has 2 aromatic rings. The van der Waals surface area contributed by atoms with Crippen molar-refractivity contribution < 1.29 is 44.2 Å². The van der Waals surface area contributed by atoms with Gasteiger partial charge in [0, 0.05) is 0 Å². The van der Waals surface area contributed by atoms with Gasteiger partial charge in [-0.3, -0.25) is 0 Å². The Bertz CT molecular complexity index is 756. The van der Waals surface area contributed by atoms with Gasteiger partial charge in [0.1, 0.15) is 0 Å².